The molecule has 4 N–H and O–H groups in total. The molecule has 0 spiro atoms. The van der Waals surface area contributed by atoms with E-state index in [-0.39, 0.29) is 12.2 Å². The van der Waals surface area contributed by atoms with Crippen LogP contribution in [0.5, 0.6) is 0 Å². The zero-order valence-corrected chi connectivity index (χ0v) is 16.4. The molecule has 0 amide bonds. The maximum absolute atomic E-state index is 13.9. The third-order valence-electron chi connectivity index (χ3n) is 4.79. The van der Waals surface area contributed by atoms with Crippen molar-refractivity contribution in [2.45, 2.75) is 10.1 Å². The topological polar surface area (TPSA) is 107 Å². The number of hydrogen-bond donors (Lipinski definition) is 4. The van der Waals surface area contributed by atoms with Crippen LogP contribution in [0.25, 0.3) is 32.6 Å². The number of pyridine rings is 2. The summed E-state index contributed by atoms with van der Waals surface area (Å²) >= 11 is 1.40. The number of aliphatic hydroxyl groups is 1. The summed E-state index contributed by atoms with van der Waals surface area (Å²) < 4.78 is 13.9. The second kappa shape index (κ2) is 7.43. The van der Waals surface area contributed by atoms with Gasteiger partial charge in [-0.1, -0.05) is 11.8 Å². The Morgan fingerprint density at radius 2 is 2.03 bits per heavy atom. The molecule has 7 nitrogen and oxygen atoms in total. The van der Waals surface area contributed by atoms with E-state index in [0.29, 0.717) is 39.2 Å². The smallest absolute Gasteiger partial charge is 0.256 e. The molecule has 0 bridgehead atoms. The molecule has 0 atom stereocenters. The molecule has 0 saturated carbocycles. The number of fused-ring (bicyclic) bond motifs is 6. The molecule has 9 heteroatoms. The second-order valence-electron chi connectivity index (χ2n) is 6.68. The lowest BCUT2D eigenvalue weighted by atomic mass is 10.0. The van der Waals surface area contributed by atoms with Crippen LogP contribution in [0.2, 0.25) is 0 Å². The number of aromatic nitrogens is 4. The molecule has 0 unspecified atom stereocenters. The van der Waals surface area contributed by atoms with Gasteiger partial charge in [0.1, 0.15) is 11.6 Å². The summed E-state index contributed by atoms with van der Waals surface area (Å²) in [5.41, 5.74) is 1.13. The minimum Gasteiger partial charge on any atom is -0.395 e. The van der Waals surface area contributed by atoms with Crippen LogP contribution < -0.4 is 10.9 Å². The Morgan fingerprint density at radius 3 is 2.83 bits per heavy atom. The van der Waals surface area contributed by atoms with E-state index < -0.39 is 5.82 Å². The van der Waals surface area contributed by atoms with Gasteiger partial charge in [0.15, 0.2) is 5.16 Å². The van der Waals surface area contributed by atoms with Crippen LogP contribution in [0.4, 0.5) is 10.2 Å². The van der Waals surface area contributed by atoms with Gasteiger partial charge in [0.25, 0.3) is 5.56 Å². The Labute approximate surface area is 173 Å². The van der Waals surface area contributed by atoms with Gasteiger partial charge in [0.2, 0.25) is 0 Å². The van der Waals surface area contributed by atoms with Crippen molar-refractivity contribution in [1.29, 1.82) is 0 Å². The molecule has 150 valence electrons. The summed E-state index contributed by atoms with van der Waals surface area (Å²) in [5, 5.41) is 14.9. The number of aromatic amines is 2. The molecule has 5 rings (SSSR count). The van der Waals surface area contributed by atoms with Gasteiger partial charge < -0.3 is 20.4 Å². The molecule has 0 aliphatic carbocycles. The van der Waals surface area contributed by atoms with Gasteiger partial charge in [-0.05, 0) is 36.4 Å². The summed E-state index contributed by atoms with van der Waals surface area (Å²) in [6.07, 6.45) is 3.28. The van der Waals surface area contributed by atoms with Gasteiger partial charge in [0.05, 0.1) is 23.0 Å². The number of nitrogens with one attached hydrogen (secondary N) is 3. The van der Waals surface area contributed by atoms with Gasteiger partial charge in [0, 0.05) is 40.0 Å². The average Bonchev–Trinajstić information content (AvgIpc) is 3.17. The third-order valence-corrected chi connectivity index (χ3v) is 5.65. The number of imidazole rings is 1. The van der Waals surface area contributed by atoms with Crippen LogP contribution >= 0.6 is 11.8 Å². The highest BCUT2D eigenvalue weighted by Gasteiger charge is 2.16. The lowest BCUT2D eigenvalue weighted by Crippen LogP contribution is -2.06. The molecule has 0 fully saturated rings. The van der Waals surface area contributed by atoms with Crippen molar-refractivity contribution in [3.8, 4) is 0 Å². The van der Waals surface area contributed by atoms with Crippen LogP contribution in [0, 0.1) is 5.82 Å². The van der Waals surface area contributed by atoms with Crippen LogP contribution in [-0.2, 0) is 0 Å². The van der Waals surface area contributed by atoms with E-state index in [0.717, 1.165) is 15.8 Å². The summed E-state index contributed by atoms with van der Waals surface area (Å²) in [6, 6.07) is 9.92. The fourth-order valence-electron chi connectivity index (χ4n) is 3.52. The molecule has 2 aromatic carbocycles. The molecule has 30 heavy (non-hydrogen) atoms. The zero-order valence-electron chi connectivity index (χ0n) is 15.6. The molecule has 3 aromatic heterocycles. The van der Waals surface area contributed by atoms with Gasteiger partial charge in [-0.25, -0.2) is 14.4 Å². The van der Waals surface area contributed by atoms with Crippen molar-refractivity contribution in [2.24, 2.45) is 0 Å². The van der Waals surface area contributed by atoms with E-state index in [1.165, 1.54) is 23.9 Å². The third kappa shape index (κ3) is 3.17. The fraction of sp³-hybridized carbons (Fsp3) is 0.0952. The first kappa shape index (κ1) is 18.6. The normalized spacial score (nSPS) is 11.5. The van der Waals surface area contributed by atoms with Crippen molar-refractivity contribution < 1.29 is 9.50 Å². The lowest BCUT2D eigenvalue weighted by Gasteiger charge is -2.05. The summed E-state index contributed by atoms with van der Waals surface area (Å²) in [7, 11) is 0. The molecule has 0 aliphatic heterocycles. The van der Waals surface area contributed by atoms with E-state index >= 15 is 0 Å². The fourth-order valence-corrected chi connectivity index (χ4v) is 4.27. The van der Waals surface area contributed by atoms with E-state index in [4.69, 9.17) is 10.1 Å². The molecular weight excluding hydrogens is 405 g/mol. The Bertz CT molecular complexity index is 1450. The summed E-state index contributed by atoms with van der Waals surface area (Å²) in [6.45, 7) is 0.467. The first-order valence-corrected chi connectivity index (χ1v) is 10.1. The van der Waals surface area contributed by atoms with Gasteiger partial charge in [-0.15, -0.1) is 0 Å². The Kier molecular flexibility index (Phi) is 4.61. The standard InChI is InChI=1S/C21H16FN5O2S/c22-11-1-3-13-15(9-11)17-14(5-6-24-20(17)29)19-18(13)26-21(27-19)30-12-2-4-16(25-10-12)23-7-8-28/h1-6,9-10,28H,7-8H2,(H,23,25)(H,24,29)(H,26,27). The van der Waals surface area contributed by atoms with Crippen LogP contribution in [0.1, 0.15) is 0 Å². The number of H-pyrrole nitrogens is 2. The zero-order chi connectivity index (χ0) is 20.7. The average molecular weight is 421 g/mol. The Hall–Kier alpha value is -3.43. The highest BCUT2D eigenvalue weighted by atomic mass is 32.2. The number of halogens is 1. The maximum Gasteiger partial charge on any atom is 0.256 e. The number of hydrogen-bond acceptors (Lipinski definition) is 6. The second-order valence-corrected chi connectivity index (χ2v) is 7.74. The van der Waals surface area contributed by atoms with Gasteiger partial charge in [-0.3, -0.25) is 4.79 Å². The highest BCUT2D eigenvalue weighted by Crippen LogP contribution is 2.35. The van der Waals surface area contributed by atoms with Crippen molar-refractivity contribution in [3.63, 3.8) is 0 Å². The SMILES string of the molecule is O=c1[nH]ccc2c3nc(Sc4ccc(NCCO)nc4)[nH]c3c3ccc(F)cc3c12. The highest BCUT2D eigenvalue weighted by molar-refractivity contribution is 7.99. The number of anilines is 1. The molecule has 0 radical (unpaired) electrons. The Balaban J connectivity index is 1.64. The molecule has 3 heterocycles. The largest absolute Gasteiger partial charge is 0.395 e. The quantitative estimate of drug-likeness (QED) is 0.323. The van der Waals surface area contributed by atoms with Crippen molar-refractivity contribution in [2.75, 3.05) is 18.5 Å². The predicted octanol–water partition coefficient (Wildman–Crippen LogP) is 3.65. The van der Waals surface area contributed by atoms with Gasteiger partial charge in [-0.2, -0.15) is 0 Å². The van der Waals surface area contributed by atoms with Crippen LogP contribution in [0.15, 0.2) is 63.6 Å². The van der Waals surface area contributed by atoms with Crippen LogP contribution in [0.3, 0.4) is 0 Å². The minimum atomic E-state index is -0.401. The van der Waals surface area contributed by atoms with E-state index in [1.807, 2.05) is 12.1 Å². The maximum atomic E-state index is 13.9. The van der Waals surface area contributed by atoms with Crippen LogP contribution in [-0.4, -0.2) is 38.2 Å². The molecule has 5 aromatic rings. The van der Waals surface area contributed by atoms with Crippen molar-refractivity contribution in [3.05, 3.63) is 65.0 Å². The molecule has 0 saturated heterocycles. The Morgan fingerprint density at radius 1 is 1.13 bits per heavy atom. The summed E-state index contributed by atoms with van der Waals surface area (Å²) in [5.74, 6) is 0.276. The number of rotatable bonds is 5. The number of benzene rings is 2. The van der Waals surface area contributed by atoms with Gasteiger partial charge >= 0.3 is 0 Å². The molecule has 0 aliphatic rings. The first-order chi connectivity index (χ1) is 14.6. The van der Waals surface area contributed by atoms with E-state index in [9.17, 15) is 9.18 Å². The number of nitrogens with zero attached hydrogens (tertiary/aromatic N) is 2. The molecular formula is C21H16FN5O2S. The summed E-state index contributed by atoms with van der Waals surface area (Å²) in [4.78, 5) is 28.4. The van der Waals surface area contributed by atoms with E-state index in [1.54, 1.807) is 24.5 Å². The van der Waals surface area contributed by atoms with Crippen molar-refractivity contribution >= 4 is 50.2 Å². The predicted molar refractivity (Wildman–Crippen MR) is 116 cm³/mol. The van der Waals surface area contributed by atoms with Crippen molar-refractivity contribution in [1.82, 2.24) is 19.9 Å². The number of aliphatic hydroxyl groups excluding tert-OH is 1. The first-order valence-electron chi connectivity index (χ1n) is 9.25. The monoisotopic (exact) mass is 421 g/mol. The minimum absolute atomic E-state index is 0.0335. The lowest BCUT2D eigenvalue weighted by molar-refractivity contribution is 0.311. The van der Waals surface area contributed by atoms with E-state index in [2.05, 4.69) is 20.3 Å².